The summed E-state index contributed by atoms with van der Waals surface area (Å²) in [5.74, 6) is 2.04. The lowest BCUT2D eigenvalue weighted by Crippen LogP contribution is -2.61. The van der Waals surface area contributed by atoms with E-state index in [2.05, 4.69) is 47.5 Å². The number of amides is 1. The fraction of sp³-hybridized carbons (Fsp3) is 0.895. The van der Waals surface area contributed by atoms with Gasteiger partial charge in [-0.05, 0) is 63.2 Å². The first-order valence-corrected chi connectivity index (χ1v) is 19.2. The lowest BCUT2D eigenvalue weighted by atomic mass is 9.60. The van der Waals surface area contributed by atoms with Crippen molar-refractivity contribution in [2.24, 2.45) is 34.9 Å². The summed E-state index contributed by atoms with van der Waals surface area (Å²) >= 11 is 0. The standard InChI is InChI=1S/C18H34O5.C8H13N3O5.C6H12O6.C5H10.CH4/c1-9(2)7-13-14(19)15(20)16(21)17(22-13)23-18(5,6)12-8-10(3)11(12)4;1-6(2)8(13)15-4-3-9-7(12)5-16-11-10-14;7-1-2-3(8)4(9)5(10)6(11)12-2;1-5-3-2-4-5;/h9-17,19-21H,7-8H2,1-6H3;1,3-5H2,2H3,(H,9,12)(H,11,14);2-11H,1H2;5H,2-4H2,1H3;1H4. The van der Waals surface area contributed by atoms with E-state index in [0.29, 0.717) is 30.1 Å². The highest BCUT2D eigenvalue weighted by atomic mass is 16.7. The molecule has 0 spiro atoms. The molecule has 19 heteroatoms. The van der Waals surface area contributed by atoms with E-state index >= 15 is 0 Å². The monoisotopic (exact) mass is 827 g/mol. The Bertz CT molecular complexity index is 1170. The first kappa shape index (κ1) is 54.6. The van der Waals surface area contributed by atoms with Crippen LogP contribution in [0.3, 0.4) is 0 Å². The molecule has 0 aromatic heterocycles. The second-order valence-electron chi connectivity index (χ2n) is 16.0. The van der Waals surface area contributed by atoms with Crippen LogP contribution >= 0.6 is 0 Å². The highest BCUT2D eigenvalue weighted by Gasteiger charge is 2.50. The third-order valence-electron chi connectivity index (χ3n) is 10.4. The van der Waals surface area contributed by atoms with Gasteiger partial charge in [0.1, 0.15) is 49.3 Å². The van der Waals surface area contributed by atoms with Gasteiger partial charge in [0.05, 0.1) is 30.1 Å². The van der Waals surface area contributed by atoms with E-state index in [0.717, 1.165) is 12.3 Å². The largest absolute Gasteiger partial charge is 0.460 e. The van der Waals surface area contributed by atoms with Crippen molar-refractivity contribution in [3.8, 4) is 0 Å². The molecule has 1 amide bonds. The van der Waals surface area contributed by atoms with Crippen LogP contribution in [-0.2, 0) is 33.4 Å². The molecule has 2 saturated heterocycles. The number of carbonyl (C=O) groups excluding carboxylic acids is 2. The first-order chi connectivity index (χ1) is 26.1. The third kappa shape index (κ3) is 18.2. The number of hydrogen-bond acceptors (Lipinski definition) is 17. The summed E-state index contributed by atoms with van der Waals surface area (Å²) in [6, 6.07) is 0. The lowest BCUT2D eigenvalue weighted by Gasteiger charge is -2.52. The summed E-state index contributed by atoms with van der Waals surface area (Å²) in [7, 11) is 0. The molecule has 10 N–H and O–H groups in total. The molecule has 2 aliphatic carbocycles. The van der Waals surface area contributed by atoms with Gasteiger partial charge < -0.3 is 65.1 Å². The van der Waals surface area contributed by atoms with Crippen molar-refractivity contribution in [2.75, 3.05) is 26.4 Å². The smallest absolute Gasteiger partial charge is 0.333 e. The van der Waals surface area contributed by atoms with E-state index in [4.69, 9.17) is 39.7 Å². The van der Waals surface area contributed by atoms with Gasteiger partial charge in [0.25, 0.3) is 0 Å². The Morgan fingerprint density at radius 3 is 1.93 bits per heavy atom. The van der Waals surface area contributed by atoms with Crippen molar-refractivity contribution < 1.29 is 74.2 Å². The van der Waals surface area contributed by atoms with Crippen molar-refractivity contribution in [1.82, 2.24) is 10.9 Å². The van der Waals surface area contributed by atoms with Crippen LogP contribution in [0.2, 0.25) is 0 Å². The number of aliphatic hydroxyl groups is 8. The van der Waals surface area contributed by atoms with Crippen LogP contribution in [0.15, 0.2) is 17.4 Å². The van der Waals surface area contributed by atoms with Crippen LogP contribution in [0.25, 0.3) is 0 Å². The predicted molar refractivity (Wildman–Crippen MR) is 207 cm³/mol. The van der Waals surface area contributed by atoms with Crippen molar-refractivity contribution in [3.05, 3.63) is 17.1 Å². The fourth-order valence-electron chi connectivity index (χ4n) is 6.33. The maximum atomic E-state index is 10.9. The van der Waals surface area contributed by atoms with Crippen LogP contribution in [-0.4, -0.2) is 146 Å². The molecule has 4 rings (SSSR count). The number of esters is 1. The Hall–Kier alpha value is -2.40. The van der Waals surface area contributed by atoms with Gasteiger partial charge in [-0.2, -0.15) is 0 Å². The molecule has 0 radical (unpaired) electrons. The van der Waals surface area contributed by atoms with Gasteiger partial charge in [-0.15, -0.1) is 10.5 Å². The fourth-order valence-corrected chi connectivity index (χ4v) is 6.33. The molecule has 19 nitrogen and oxygen atoms in total. The Kier molecular flexibility index (Phi) is 25.5. The second-order valence-corrected chi connectivity index (χ2v) is 16.0. The van der Waals surface area contributed by atoms with E-state index in [1.165, 1.54) is 26.2 Å². The average Bonchev–Trinajstić information content (AvgIpc) is 3.13. The number of ether oxygens (including phenoxy) is 4. The molecule has 2 saturated carbocycles. The van der Waals surface area contributed by atoms with Crippen LogP contribution in [0.5, 0.6) is 0 Å². The zero-order valence-corrected chi connectivity index (χ0v) is 34.0. The van der Waals surface area contributed by atoms with E-state index in [9.17, 15) is 29.8 Å². The van der Waals surface area contributed by atoms with Crippen molar-refractivity contribution in [3.63, 3.8) is 0 Å². The van der Waals surface area contributed by atoms with Crippen LogP contribution in [0.1, 0.15) is 94.9 Å². The van der Waals surface area contributed by atoms with E-state index in [1.54, 1.807) is 5.59 Å². The van der Waals surface area contributed by atoms with Gasteiger partial charge in [-0.25, -0.2) is 9.63 Å². The number of nitroso groups, excluding NO2 is 1. The van der Waals surface area contributed by atoms with Gasteiger partial charge >= 0.3 is 5.97 Å². The number of nitrogens with zero attached hydrogens (tertiary/aromatic N) is 1. The summed E-state index contributed by atoms with van der Waals surface area (Å²) < 4.78 is 21.2. The van der Waals surface area contributed by atoms with Crippen LogP contribution in [0.4, 0.5) is 0 Å². The van der Waals surface area contributed by atoms with Crippen LogP contribution in [0, 0.1) is 34.5 Å². The summed E-state index contributed by atoms with van der Waals surface area (Å²) in [5.41, 5.74) is 1.46. The van der Waals surface area contributed by atoms with E-state index in [-0.39, 0.29) is 32.8 Å². The average molecular weight is 828 g/mol. The topological polar surface area (TPSA) is 296 Å². The number of carbonyl (C=O) groups is 2. The maximum Gasteiger partial charge on any atom is 0.333 e. The molecule has 2 heterocycles. The van der Waals surface area contributed by atoms with Gasteiger partial charge in [0.15, 0.2) is 19.2 Å². The maximum absolute atomic E-state index is 10.9. The molecule has 0 bridgehead atoms. The molecule has 57 heavy (non-hydrogen) atoms. The quantitative estimate of drug-likeness (QED) is 0.0377. The molecule has 4 aliphatic rings. The highest BCUT2D eigenvalue weighted by Crippen LogP contribution is 2.48. The minimum absolute atomic E-state index is 0. The molecule has 13 atom stereocenters. The molecular weight excluding hydrogens is 754 g/mol. The molecule has 0 aromatic carbocycles. The third-order valence-corrected chi connectivity index (χ3v) is 10.4. The van der Waals surface area contributed by atoms with E-state index in [1.807, 2.05) is 27.7 Å². The summed E-state index contributed by atoms with van der Waals surface area (Å²) in [6.07, 6.45) is -5.87. The Morgan fingerprint density at radius 1 is 0.912 bits per heavy atom. The Morgan fingerprint density at radius 2 is 1.47 bits per heavy atom. The molecule has 4 fully saturated rings. The van der Waals surface area contributed by atoms with Gasteiger partial charge in [-0.3, -0.25) is 4.79 Å². The minimum atomic E-state index is -1.57. The Labute approximate surface area is 337 Å². The predicted octanol–water partition coefficient (Wildman–Crippen LogP) is 0.573. The molecule has 2 aliphatic heterocycles. The second kappa shape index (κ2) is 26.6. The molecule has 0 aromatic rings. The number of aliphatic hydroxyl groups excluding tert-OH is 8. The number of rotatable bonds is 14. The van der Waals surface area contributed by atoms with E-state index < -0.39 is 85.5 Å². The number of hydrogen-bond donors (Lipinski definition) is 10. The molecular formula is C38H73N3O16. The summed E-state index contributed by atoms with van der Waals surface area (Å²) in [5, 5.41) is 79.7. The van der Waals surface area contributed by atoms with Crippen molar-refractivity contribution >= 4 is 11.9 Å². The lowest BCUT2D eigenvalue weighted by molar-refractivity contribution is -0.332. The SMILES string of the molecule is C.C=C(C)C(=O)OCCNC(=O)CONN=O.CC(C)CC1OC(OC(C)(C)C2CC(C)C2C)C(O)C(O)C1O.CC1CCC1.OCC1OC(O)C(O)C(O)C1O. The normalized spacial score (nSPS) is 33.4. The zero-order chi connectivity index (χ0) is 42.9. The zero-order valence-electron chi connectivity index (χ0n) is 34.0. The van der Waals surface area contributed by atoms with Crippen molar-refractivity contribution in [2.45, 2.75) is 162 Å². The Balaban J connectivity index is 0.000000803. The summed E-state index contributed by atoms with van der Waals surface area (Å²) in [6.45, 7) is 19.1. The summed E-state index contributed by atoms with van der Waals surface area (Å²) in [4.78, 5) is 35.6. The molecule has 336 valence electrons. The molecule has 13 unspecified atom stereocenters. The van der Waals surface area contributed by atoms with Gasteiger partial charge in [0.2, 0.25) is 5.91 Å². The first-order valence-electron chi connectivity index (χ1n) is 19.2. The van der Waals surface area contributed by atoms with Crippen LogP contribution < -0.4 is 10.9 Å². The van der Waals surface area contributed by atoms with Crippen molar-refractivity contribution in [1.29, 1.82) is 0 Å². The minimum Gasteiger partial charge on any atom is -0.460 e. The van der Waals surface area contributed by atoms with Gasteiger partial charge in [-0.1, -0.05) is 67.9 Å². The van der Waals surface area contributed by atoms with Gasteiger partial charge in [0, 0.05) is 5.57 Å². The number of nitrogens with one attached hydrogen (secondary N) is 2. The highest BCUT2D eigenvalue weighted by molar-refractivity contribution is 5.86.